The maximum atomic E-state index is 13.4. The Balaban J connectivity index is 1.99. The van der Waals surface area contributed by atoms with Gasteiger partial charge < -0.3 is 4.90 Å². The van der Waals surface area contributed by atoms with E-state index >= 15 is 0 Å². The largest absolute Gasteiger partial charge is 0.341 e. The molecule has 0 radical (unpaired) electrons. The van der Waals surface area contributed by atoms with Crippen molar-refractivity contribution < 1.29 is 13.2 Å². The zero-order chi connectivity index (χ0) is 20.3. The smallest absolute Gasteiger partial charge is 0.264 e. The Kier molecular flexibility index (Phi) is 6.30. The quantitative estimate of drug-likeness (QED) is 0.702. The lowest BCUT2D eigenvalue weighted by molar-refractivity contribution is -0.130. The van der Waals surface area contributed by atoms with Crippen molar-refractivity contribution in [3.05, 3.63) is 59.1 Å². The molecule has 0 aromatic heterocycles. The molecule has 0 bridgehead atoms. The fourth-order valence-corrected chi connectivity index (χ4v) is 5.26. The maximum Gasteiger partial charge on any atom is 0.264 e. The summed E-state index contributed by atoms with van der Waals surface area (Å²) in [6.07, 6.45) is 4.12. The summed E-state index contributed by atoms with van der Waals surface area (Å²) in [4.78, 5) is 14.8. The molecule has 1 aliphatic rings. The minimum Gasteiger partial charge on any atom is -0.341 e. The van der Waals surface area contributed by atoms with Crippen molar-refractivity contribution >= 4 is 33.2 Å². The number of carbonyl (C=O) groups excluding carboxylic acids is 1. The van der Waals surface area contributed by atoms with Gasteiger partial charge in [0.1, 0.15) is 6.54 Å². The van der Waals surface area contributed by atoms with Crippen LogP contribution in [0.15, 0.2) is 53.4 Å². The number of sulfonamides is 1. The maximum absolute atomic E-state index is 13.4. The Morgan fingerprint density at radius 2 is 1.75 bits per heavy atom. The van der Waals surface area contributed by atoms with Crippen LogP contribution >= 0.6 is 11.6 Å². The van der Waals surface area contributed by atoms with Crippen LogP contribution in [0.4, 0.5) is 5.69 Å². The molecular formula is C21H25ClN2O3S. The van der Waals surface area contributed by atoms with Crippen LogP contribution in [-0.4, -0.2) is 38.9 Å². The summed E-state index contributed by atoms with van der Waals surface area (Å²) in [5.41, 5.74) is 1.16. The van der Waals surface area contributed by atoms with E-state index in [1.54, 1.807) is 48.3 Å². The molecule has 1 aliphatic carbocycles. The van der Waals surface area contributed by atoms with Gasteiger partial charge in [0.2, 0.25) is 5.91 Å². The molecule has 150 valence electrons. The van der Waals surface area contributed by atoms with E-state index in [9.17, 15) is 13.2 Å². The molecule has 0 heterocycles. The molecule has 0 aliphatic heterocycles. The monoisotopic (exact) mass is 420 g/mol. The summed E-state index contributed by atoms with van der Waals surface area (Å²) >= 11 is 6.14. The van der Waals surface area contributed by atoms with Crippen molar-refractivity contribution in [1.82, 2.24) is 4.90 Å². The van der Waals surface area contributed by atoms with Gasteiger partial charge in [-0.05, 0) is 49.6 Å². The SMILES string of the molecule is Cc1ccc(Cl)cc1N(CC(=O)N(C)C1CCCC1)S(=O)(=O)c1ccccc1. The number of hydrogen-bond donors (Lipinski definition) is 0. The van der Waals surface area contributed by atoms with Gasteiger partial charge in [0.15, 0.2) is 0 Å². The van der Waals surface area contributed by atoms with E-state index in [1.807, 2.05) is 6.92 Å². The molecular weight excluding hydrogens is 396 g/mol. The summed E-state index contributed by atoms with van der Waals surface area (Å²) in [6.45, 7) is 1.55. The van der Waals surface area contributed by atoms with E-state index in [4.69, 9.17) is 11.6 Å². The molecule has 0 atom stereocenters. The van der Waals surface area contributed by atoms with E-state index in [1.165, 1.54) is 16.4 Å². The highest BCUT2D eigenvalue weighted by Gasteiger charge is 2.31. The van der Waals surface area contributed by atoms with Crippen molar-refractivity contribution in [1.29, 1.82) is 0 Å². The van der Waals surface area contributed by atoms with Crippen LogP contribution in [0.25, 0.3) is 0 Å². The molecule has 0 unspecified atom stereocenters. The van der Waals surface area contributed by atoms with Gasteiger partial charge in [0, 0.05) is 18.1 Å². The molecule has 1 amide bonds. The lowest BCUT2D eigenvalue weighted by atomic mass is 10.2. The summed E-state index contributed by atoms with van der Waals surface area (Å²) in [7, 11) is -2.16. The van der Waals surface area contributed by atoms with Gasteiger partial charge in [-0.2, -0.15) is 0 Å². The van der Waals surface area contributed by atoms with Crippen LogP contribution < -0.4 is 4.31 Å². The standard InChI is InChI=1S/C21H25ClN2O3S/c1-16-12-13-17(22)14-20(16)24(28(26,27)19-10-4-3-5-11-19)15-21(25)23(2)18-8-6-7-9-18/h3-5,10-14,18H,6-9,15H2,1-2H3. The first-order valence-corrected chi connectivity index (χ1v) is 11.2. The first-order chi connectivity index (χ1) is 13.3. The highest BCUT2D eigenvalue weighted by Crippen LogP contribution is 2.30. The summed E-state index contributed by atoms with van der Waals surface area (Å²) in [6, 6.07) is 13.4. The Hall–Kier alpha value is -2.05. The fraction of sp³-hybridized carbons (Fsp3) is 0.381. The normalized spacial score (nSPS) is 14.8. The molecule has 0 N–H and O–H groups in total. The molecule has 2 aromatic carbocycles. The van der Waals surface area contributed by atoms with Gasteiger partial charge in [-0.1, -0.05) is 48.7 Å². The number of amides is 1. The highest BCUT2D eigenvalue weighted by atomic mass is 35.5. The average molecular weight is 421 g/mol. The number of likely N-dealkylation sites (N-methyl/N-ethyl adjacent to an activating group) is 1. The van der Waals surface area contributed by atoms with E-state index in [-0.39, 0.29) is 23.4 Å². The van der Waals surface area contributed by atoms with Crippen LogP contribution in [-0.2, 0) is 14.8 Å². The third-order valence-corrected chi connectivity index (χ3v) is 7.32. The second-order valence-corrected chi connectivity index (χ2v) is 9.50. The van der Waals surface area contributed by atoms with Crippen LogP contribution in [0.3, 0.4) is 0 Å². The predicted octanol–water partition coefficient (Wildman–Crippen LogP) is 4.24. The van der Waals surface area contributed by atoms with E-state index < -0.39 is 10.0 Å². The second-order valence-electron chi connectivity index (χ2n) is 7.20. The third-order valence-electron chi connectivity index (χ3n) is 5.32. The summed E-state index contributed by atoms with van der Waals surface area (Å²) in [5.74, 6) is -0.217. The Labute approximate surface area is 172 Å². The van der Waals surface area contributed by atoms with Crippen LogP contribution in [0, 0.1) is 6.92 Å². The predicted molar refractivity (Wildman–Crippen MR) is 112 cm³/mol. The topological polar surface area (TPSA) is 57.7 Å². The molecule has 3 rings (SSSR count). The van der Waals surface area contributed by atoms with Gasteiger partial charge >= 0.3 is 0 Å². The lowest BCUT2D eigenvalue weighted by Crippen LogP contribution is -2.44. The van der Waals surface area contributed by atoms with Crippen molar-refractivity contribution in [3.8, 4) is 0 Å². The molecule has 28 heavy (non-hydrogen) atoms. The lowest BCUT2D eigenvalue weighted by Gasteiger charge is -2.30. The van der Waals surface area contributed by atoms with Gasteiger partial charge in [-0.15, -0.1) is 0 Å². The van der Waals surface area contributed by atoms with Crippen LogP contribution in [0.1, 0.15) is 31.2 Å². The number of rotatable bonds is 6. The van der Waals surface area contributed by atoms with Gasteiger partial charge in [0.25, 0.3) is 10.0 Å². The number of halogens is 1. The van der Waals surface area contributed by atoms with E-state index in [2.05, 4.69) is 0 Å². The first kappa shape index (κ1) is 20.7. The Bertz CT molecular complexity index is 941. The van der Waals surface area contributed by atoms with E-state index in [0.29, 0.717) is 10.7 Å². The van der Waals surface area contributed by atoms with Gasteiger partial charge in [0.05, 0.1) is 10.6 Å². The number of anilines is 1. The highest BCUT2D eigenvalue weighted by molar-refractivity contribution is 7.92. The Morgan fingerprint density at radius 3 is 2.39 bits per heavy atom. The fourth-order valence-electron chi connectivity index (χ4n) is 3.60. The van der Waals surface area contributed by atoms with Crippen molar-refractivity contribution in [3.63, 3.8) is 0 Å². The first-order valence-electron chi connectivity index (χ1n) is 9.40. The van der Waals surface area contributed by atoms with Crippen LogP contribution in [0.2, 0.25) is 5.02 Å². The van der Waals surface area contributed by atoms with Crippen molar-refractivity contribution in [2.45, 2.75) is 43.5 Å². The third kappa shape index (κ3) is 4.33. The summed E-state index contributed by atoms with van der Waals surface area (Å²) < 4.78 is 28.0. The number of carbonyl (C=O) groups is 1. The number of benzene rings is 2. The second kappa shape index (κ2) is 8.53. The zero-order valence-corrected chi connectivity index (χ0v) is 17.7. The molecule has 0 spiro atoms. The average Bonchev–Trinajstić information content (AvgIpc) is 3.22. The summed E-state index contributed by atoms with van der Waals surface area (Å²) in [5, 5.41) is 0.422. The zero-order valence-electron chi connectivity index (χ0n) is 16.1. The molecule has 2 aromatic rings. The number of hydrogen-bond acceptors (Lipinski definition) is 3. The Morgan fingerprint density at radius 1 is 1.11 bits per heavy atom. The van der Waals surface area contributed by atoms with Gasteiger partial charge in [-0.25, -0.2) is 8.42 Å². The van der Waals surface area contributed by atoms with Crippen molar-refractivity contribution in [2.75, 3.05) is 17.9 Å². The van der Waals surface area contributed by atoms with E-state index in [0.717, 1.165) is 31.2 Å². The molecule has 1 fully saturated rings. The molecule has 1 saturated carbocycles. The minimum absolute atomic E-state index is 0.144. The number of aryl methyl sites for hydroxylation is 1. The minimum atomic E-state index is -3.92. The molecule has 5 nitrogen and oxygen atoms in total. The molecule has 7 heteroatoms. The van der Waals surface area contributed by atoms with Crippen LogP contribution in [0.5, 0.6) is 0 Å². The van der Waals surface area contributed by atoms with Crippen molar-refractivity contribution in [2.24, 2.45) is 0 Å². The molecule has 0 saturated heterocycles. The number of nitrogens with zero attached hydrogens (tertiary/aromatic N) is 2. The van der Waals surface area contributed by atoms with Gasteiger partial charge in [-0.3, -0.25) is 9.10 Å².